The number of carbonyl (C=O) groups is 1. The second kappa shape index (κ2) is 10.0. The number of methoxy groups -OCH3 is 1. The first kappa shape index (κ1) is 20.1. The van der Waals surface area contributed by atoms with E-state index in [0.717, 1.165) is 17.5 Å². The highest BCUT2D eigenvalue weighted by Crippen LogP contribution is 2.28. The smallest absolute Gasteiger partial charge is 0.244 e. The van der Waals surface area contributed by atoms with Gasteiger partial charge in [-0.2, -0.15) is 5.26 Å². The van der Waals surface area contributed by atoms with Gasteiger partial charge in [0.15, 0.2) is 18.1 Å². The van der Waals surface area contributed by atoms with Gasteiger partial charge in [0.1, 0.15) is 6.07 Å². The van der Waals surface area contributed by atoms with Crippen LogP contribution in [0.3, 0.4) is 0 Å². The molecule has 0 bridgehead atoms. The standard InChI is InChI=1S/C22H24N2O3/c1-4-19(18-9-5-16(2)6-10-18)24-22(25)12-8-17-7-11-20(27-14-13-23)21(15-17)26-3/h5-12,15,19H,4,14H2,1-3H3,(H,24,25)/b12-8+/t19-/m0/s1. The van der Waals surface area contributed by atoms with Crippen LogP contribution in [-0.2, 0) is 4.79 Å². The molecule has 1 N–H and O–H groups in total. The molecule has 5 nitrogen and oxygen atoms in total. The van der Waals surface area contributed by atoms with Gasteiger partial charge >= 0.3 is 0 Å². The van der Waals surface area contributed by atoms with Crippen molar-refractivity contribution in [2.75, 3.05) is 13.7 Å². The van der Waals surface area contributed by atoms with Crippen molar-refractivity contribution < 1.29 is 14.3 Å². The Morgan fingerprint density at radius 1 is 1.22 bits per heavy atom. The minimum atomic E-state index is -0.161. The molecule has 0 radical (unpaired) electrons. The number of rotatable bonds is 8. The highest BCUT2D eigenvalue weighted by molar-refractivity contribution is 5.92. The van der Waals surface area contributed by atoms with Crippen molar-refractivity contribution >= 4 is 12.0 Å². The summed E-state index contributed by atoms with van der Waals surface area (Å²) in [7, 11) is 1.53. The average molecular weight is 364 g/mol. The van der Waals surface area contributed by atoms with Crippen molar-refractivity contribution in [1.29, 1.82) is 5.26 Å². The van der Waals surface area contributed by atoms with E-state index in [-0.39, 0.29) is 18.6 Å². The maximum atomic E-state index is 12.3. The topological polar surface area (TPSA) is 71.3 Å². The second-order valence-electron chi connectivity index (χ2n) is 6.07. The Morgan fingerprint density at radius 2 is 1.96 bits per heavy atom. The number of ether oxygens (including phenoxy) is 2. The Kier molecular flexibility index (Phi) is 7.45. The lowest BCUT2D eigenvalue weighted by Crippen LogP contribution is -2.26. The van der Waals surface area contributed by atoms with Crippen molar-refractivity contribution in [3.05, 3.63) is 65.2 Å². The van der Waals surface area contributed by atoms with Crippen LogP contribution in [0, 0.1) is 18.3 Å². The molecule has 0 aliphatic rings. The SMILES string of the molecule is CC[C@H](NC(=O)/C=C/c1ccc(OCC#N)c(OC)c1)c1ccc(C)cc1. The summed E-state index contributed by atoms with van der Waals surface area (Å²) in [6.07, 6.45) is 4.02. The summed E-state index contributed by atoms with van der Waals surface area (Å²) in [5.41, 5.74) is 3.08. The van der Waals surface area contributed by atoms with Crippen LogP contribution in [-0.4, -0.2) is 19.6 Å². The fourth-order valence-corrected chi connectivity index (χ4v) is 2.63. The second-order valence-corrected chi connectivity index (χ2v) is 6.07. The molecule has 0 aromatic heterocycles. The molecule has 2 aromatic carbocycles. The number of amides is 1. The zero-order valence-electron chi connectivity index (χ0n) is 15.9. The molecule has 0 heterocycles. The van der Waals surface area contributed by atoms with Gasteiger partial charge in [0.25, 0.3) is 0 Å². The number of nitrogens with one attached hydrogen (secondary N) is 1. The number of aryl methyl sites for hydroxylation is 1. The molecule has 27 heavy (non-hydrogen) atoms. The molecule has 0 aliphatic heterocycles. The van der Waals surface area contributed by atoms with Crippen LogP contribution in [0.15, 0.2) is 48.5 Å². The summed E-state index contributed by atoms with van der Waals surface area (Å²) in [6, 6.07) is 15.3. The van der Waals surface area contributed by atoms with Gasteiger partial charge in [-0.25, -0.2) is 0 Å². The molecular weight excluding hydrogens is 340 g/mol. The third kappa shape index (κ3) is 5.89. The van der Waals surface area contributed by atoms with Crippen LogP contribution >= 0.6 is 0 Å². The first-order valence-electron chi connectivity index (χ1n) is 8.80. The summed E-state index contributed by atoms with van der Waals surface area (Å²) in [4.78, 5) is 12.3. The molecule has 5 heteroatoms. The normalized spacial score (nSPS) is 11.6. The quantitative estimate of drug-likeness (QED) is 0.713. The van der Waals surface area contributed by atoms with Crippen LogP contribution in [0.2, 0.25) is 0 Å². The molecule has 1 atom stereocenters. The van der Waals surface area contributed by atoms with E-state index >= 15 is 0 Å². The Hall–Kier alpha value is -3.26. The third-order valence-electron chi connectivity index (χ3n) is 4.11. The van der Waals surface area contributed by atoms with Crippen molar-refractivity contribution in [3.8, 4) is 17.6 Å². The van der Waals surface area contributed by atoms with E-state index in [1.807, 2.05) is 44.2 Å². The Labute approximate surface area is 160 Å². The van der Waals surface area contributed by atoms with Gasteiger partial charge in [0.2, 0.25) is 5.91 Å². The van der Waals surface area contributed by atoms with Crippen molar-refractivity contribution in [3.63, 3.8) is 0 Å². The zero-order valence-corrected chi connectivity index (χ0v) is 15.9. The van der Waals surface area contributed by atoms with E-state index in [0.29, 0.717) is 11.5 Å². The van der Waals surface area contributed by atoms with E-state index in [4.69, 9.17) is 14.7 Å². The van der Waals surface area contributed by atoms with Crippen LogP contribution in [0.1, 0.15) is 36.1 Å². The summed E-state index contributed by atoms with van der Waals surface area (Å²) in [5.74, 6) is 0.844. The van der Waals surface area contributed by atoms with Gasteiger partial charge in [0, 0.05) is 6.08 Å². The minimum absolute atomic E-state index is 0.0287. The molecule has 2 aromatic rings. The lowest BCUT2D eigenvalue weighted by Gasteiger charge is -2.16. The van der Waals surface area contributed by atoms with Crippen molar-refractivity contribution in [2.45, 2.75) is 26.3 Å². The van der Waals surface area contributed by atoms with E-state index in [1.54, 1.807) is 24.3 Å². The molecule has 0 spiro atoms. The predicted octanol–water partition coefficient (Wildman–Crippen LogP) is 4.19. The monoisotopic (exact) mass is 364 g/mol. The molecule has 0 fully saturated rings. The van der Waals surface area contributed by atoms with E-state index in [1.165, 1.54) is 18.7 Å². The molecule has 1 amide bonds. The molecule has 2 rings (SSSR count). The molecule has 0 unspecified atom stereocenters. The van der Waals surface area contributed by atoms with Crippen molar-refractivity contribution in [1.82, 2.24) is 5.32 Å². The molecular formula is C22H24N2O3. The van der Waals surface area contributed by atoms with Gasteiger partial charge in [-0.1, -0.05) is 42.8 Å². The number of carbonyl (C=O) groups excluding carboxylic acids is 1. The fraction of sp³-hybridized carbons (Fsp3) is 0.273. The largest absolute Gasteiger partial charge is 0.493 e. The zero-order chi connectivity index (χ0) is 19.6. The van der Waals surface area contributed by atoms with E-state index < -0.39 is 0 Å². The highest BCUT2D eigenvalue weighted by atomic mass is 16.5. The first-order chi connectivity index (χ1) is 13.1. The van der Waals surface area contributed by atoms with Crippen molar-refractivity contribution in [2.24, 2.45) is 0 Å². The van der Waals surface area contributed by atoms with Gasteiger partial charge in [-0.05, 0) is 42.7 Å². The maximum absolute atomic E-state index is 12.3. The first-order valence-corrected chi connectivity index (χ1v) is 8.80. The number of nitrogens with zero attached hydrogens (tertiary/aromatic N) is 1. The Morgan fingerprint density at radius 3 is 2.59 bits per heavy atom. The van der Waals surface area contributed by atoms with E-state index in [2.05, 4.69) is 5.32 Å². The summed E-state index contributed by atoms with van der Waals surface area (Å²) >= 11 is 0. The summed E-state index contributed by atoms with van der Waals surface area (Å²) in [6.45, 7) is 4.03. The van der Waals surface area contributed by atoms with Gasteiger partial charge in [0.05, 0.1) is 13.2 Å². The number of nitriles is 1. The minimum Gasteiger partial charge on any atom is -0.493 e. The molecule has 140 valence electrons. The lowest BCUT2D eigenvalue weighted by atomic mass is 10.0. The number of benzene rings is 2. The van der Waals surface area contributed by atoms with Crippen LogP contribution in [0.5, 0.6) is 11.5 Å². The van der Waals surface area contributed by atoms with Gasteiger partial charge in [-0.15, -0.1) is 0 Å². The van der Waals surface area contributed by atoms with E-state index in [9.17, 15) is 4.79 Å². The van der Waals surface area contributed by atoms with Gasteiger partial charge < -0.3 is 14.8 Å². The molecule has 0 aliphatic carbocycles. The maximum Gasteiger partial charge on any atom is 0.244 e. The third-order valence-corrected chi connectivity index (χ3v) is 4.11. The van der Waals surface area contributed by atoms with Gasteiger partial charge in [-0.3, -0.25) is 4.79 Å². The lowest BCUT2D eigenvalue weighted by molar-refractivity contribution is -0.117. The Bertz CT molecular complexity index is 836. The molecule has 0 saturated carbocycles. The Balaban J connectivity index is 2.04. The average Bonchev–Trinajstić information content (AvgIpc) is 2.69. The fourth-order valence-electron chi connectivity index (χ4n) is 2.63. The van der Waals surface area contributed by atoms with Crippen LogP contribution in [0.4, 0.5) is 0 Å². The predicted molar refractivity (Wildman–Crippen MR) is 105 cm³/mol. The summed E-state index contributed by atoms with van der Waals surface area (Å²) < 4.78 is 10.6. The molecule has 0 saturated heterocycles. The van der Waals surface area contributed by atoms with Crippen LogP contribution < -0.4 is 14.8 Å². The number of hydrogen-bond donors (Lipinski definition) is 1. The van der Waals surface area contributed by atoms with Crippen LogP contribution in [0.25, 0.3) is 6.08 Å². The number of hydrogen-bond acceptors (Lipinski definition) is 4. The summed E-state index contributed by atoms with van der Waals surface area (Å²) in [5, 5.41) is 11.6. The highest BCUT2D eigenvalue weighted by Gasteiger charge is 2.11.